The number of pyridine rings is 1. The fraction of sp³-hybridized carbons (Fsp3) is 0.222. The topological polar surface area (TPSA) is 95.7 Å². The van der Waals surface area contributed by atoms with E-state index in [1.165, 1.54) is 17.0 Å². The molecule has 1 fully saturated rings. The highest BCUT2D eigenvalue weighted by Gasteiger charge is 2.35. The maximum Gasteiger partial charge on any atom is 0.405 e. The molecule has 2 aromatic carbocycles. The molecule has 0 spiro atoms. The molecular formula is C27H22F3N3O4. The first-order chi connectivity index (χ1) is 17.7. The van der Waals surface area contributed by atoms with Crippen LogP contribution in [0, 0.1) is 5.82 Å². The largest absolute Gasteiger partial charge is 0.465 e. The van der Waals surface area contributed by atoms with Crippen molar-refractivity contribution < 1.29 is 32.3 Å². The number of furan rings is 1. The van der Waals surface area contributed by atoms with Gasteiger partial charge >= 0.3 is 6.09 Å². The van der Waals surface area contributed by atoms with E-state index in [9.17, 15) is 18.4 Å². The summed E-state index contributed by atoms with van der Waals surface area (Å²) >= 11 is 0. The lowest BCUT2D eigenvalue weighted by Gasteiger charge is -2.31. The summed E-state index contributed by atoms with van der Waals surface area (Å²) in [5, 5.41) is 11.8. The van der Waals surface area contributed by atoms with E-state index in [2.05, 4.69) is 10.3 Å². The van der Waals surface area contributed by atoms with Crippen molar-refractivity contribution in [2.75, 3.05) is 13.1 Å². The minimum Gasteiger partial charge on any atom is -0.465 e. The van der Waals surface area contributed by atoms with Crippen molar-refractivity contribution in [1.29, 1.82) is 0 Å². The van der Waals surface area contributed by atoms with Crippen molar-refractivity contribution in [3.63, 3.8) is 0 Å². The molecule has 3 heterocycles. The normalized spacial score (nSPS) is 15.1. The van der Waals surface area contributed by atoms with Crippen molar-refractivity contribution in [2.45, 2.75) is 25.3 Å². The Hall–Kier alpha value is -4.34. The second-order valence-corrected chi connectivity index (χ2v) is 8.90. The van der Waals surface area contributed by atoms with Gasteiger partial charge in [0.2, 0.25) is 0 Å². The average molecular weight is 509 g/mol. The van der Waals surface area contributed by atoms with Crippen LogP contribution in [-0.2, 0) is 6.54 Å². The molecule has 190 valence electrons. The molecule has 5 rings (SSSR count). The minimum atomic E-state index is -2.78. The van der Waals surface area contributed by atoms with E-state index >= 15 is 4.39 Å². The highest BCUT2D eigenvalue weighted by atomic mass is 19.3. The first-order valence-corrected chi connectivity index (χ1v) is 11.6. The van der Waals surface area contributed by atoms with E-state index in [-0.39, 0.29) is 30.8 Å². The van der Waals surface area contributed by atoms with Crippen LogP contribution in [0.1, 0.15) is 29.0 Å². The van der Waals surface area contributed by atoms with Crippen LogP contribution in [0.4, 0.5) is 18.0 Å². The summed E-state index contributed by atoms with van der Waals surface area (Å²) in [4.78, 5) is 29.1. The van der Waals surface area contributed by atoms with Crippen molar-refractivity contribution in [3.05, 3.63) is 78.1 Å². The molecule has 0 aliphatic carbocycles. The van der Waals surface area contributed by atoms with Gasteiger partial charge in [-0.3, -0.25) is 9.78 Å². The van der Waals surface area contributed by atoms with Crippen LogP contribution in [0.3, 0.4) is 0 Å². The summed E-state index contributed by atoms with van der Waals surface area (Å²) in [5.74, 6) is -3.53. The first kappa shape index (κ1) is 24.4. The molecule has 2 aromatic heterocycles. The van der Waals surface area contributed by atoms with Gasteiger partial charge in [-0.05, 0) is 42.0 Å². The second kappa shape index (κ2) is 9.61. The minimum absolute atomic E-state index is 0.0422. The lowest BCUT2D eigenvalue weighted by atomic mass is 9.96. The van der Waals surface area contributed by atoms with Gasteiger partial charge in [0, 0.05) is 66.0 Å². The fourth-order valence-electron chi connectivity index (χ4n) is 4.45. The van der Waals surface area contributed by atoms with Crippen LogP contribution in [0.25, 0.3) is 33.2 Å². The molecule has 0 bridgehead atoms. The number of rotatable bonds is 5. The van der Waals surface area contributed by atoms with E-state index in [1.54, 1.807) is 36.7 Å². The average Bonchev–Trinajstić information content (AvgIpc) is 3.30. The summed E-state index contributed by atoms with van der Waals surface area (Å²) in [6.45, 7) is -0.209. The Labute approximate surface area is 209 Å². The number of nitrogens with one attached hydrogen (secondary N) is 1. The number of carbonyl (C=O) groups is 2. The maximum absolute atomic E-state index is 15.3. The van der Waals surface area contributed by atoms with Gasteiger partial charge in [0.1, 0.15) is 17.2 Å². The number of benzene rings is 2. The maximum atomic E-state index is 15.3. The Kier molecular flexibility index (Phi) is 6.32. The van der Waals surface area contributed by atoms with E-state index in [0.717, 1.165) is 11.6 Å². The monoisotopic (exact) mass is 509 g/mol. The Morgan fingerprint density at radius 1 is 1.05 bits per heavy atom. The Morgan fingerprint density at radius 3 is 2.51 bits per heavy atom. The van der Waals surface area contributed by atoms with Crippen LogP contribution in [0.2, 0.25) is 0 Å². The van der Waals surface area contributed by atoms with E-state index in [4.69, 9.17) is 9.52 Å². The lowest BCUT2D eigenvalue weighted by molar-refractivity contribution is -0.0494. The Bertz CT molecular complexity index is 1480. The number of hydrogen-bond donors (Lipinski definition) is 2. The van der Waals surface area contributed by atoms with Crippen molar-refractivity contribution >= 4 is 23.0 Å². The molecule has 7 nitrogen and oxygen atoms in total. The van der Waals surface area contributed by atoms with Gasteiger partial charge in [-0.25, -0.2) is 18.0 Å². The molecule has 4 aromatic rings. The summed E-state index contributed by atoms with van der Waals surface area (Å²) in [7, 11) is 0. The third-order valence-electron chi connectivity index (χ3n) is 6.36. The number of likely N-dealkylation sites (tertiary alicyclic amines) is 1. The third kappa shape index (κ3) is 5.13. The molecule has 1 aliphatic heterocycles. The van der Waals surface area contributed by atoms with Gasteiger partial charge in [0.15, 0.2) is 0 Å². The number of carboxylic acid groups (broad SMARTS) is 1. The molecule has 1 aliphatic rings. The number of amides is 2. The van der Waals surface area contributed by atoms with Crippen LogP contribution in [0.5, 0.6) is 0 Å². The van der Waals surface area contributed by atoms with Crippen LogP contribution in [-0.4, -0.2) is 46.0 Å². The molecule has 2 N–H and O–H groups in total. The molecule has 0 radical (unpaired) electrons. The molecule has 0 atom stereocenters. The highest BCUT2D eigenvalue weighted by molar-refractivity contribution is 5.98. The van der Waals surface area contributed by atoms with Gasteiger partial charge in [-0.1, -0.05) is 12.1 Å². The molecule has 0 unspecified atom stereocenters. The quantitative estimate of drug-likeness (QED) is 0.347. The van der Waals surface area contributed by atoms with Crippen molar-refractivity contribution in [3.8, 4) is 22.3 Å². The molecule has 1 saturated heterocycles. The summed E-state index contributed by atoms with van der Waals surface area (Å²) < 4.78 is 48.2. The number of halogens is 3. The summed E-state index contributed by atoms with van der Waals surface area (Å²) in [6.07, 6.45) is 1.24. The fourth-order valence-corrected chi connectivity index (χ4v) is 4.45. The predicted octanol–water partition coefficient (Wildman–Crippen LogP) is 5.94. The van der Waals surface area contributed by atoms with Gasteiger partial charge in [0.05, 0.1) is 6.54 Å². The van der Waals surface area contributed by atoms with E-state index in [1.807, 2.05) is 6.07 Å². The van der Waals surface area contributed by atoms with Crippen molar-refractivity contribution in [1.82, 2.24) is 15.2 Å². The number of alkyl halides is 2. The lowest BCUT2D eigenvalue weighted by Crippen LogP contribution is -2.42. The van der Waals surface area contributed by atoms with Crippen molar-refractivity contribution in [2.24, 2.45) is 0 Å². The van der Waals surface area contributed by atoms with Gasteiger partial charge < -0.3 is 19.7 Å². The zero-order valence-corrected chi connectivity index (χ0v) is 19.5. The van der Waals surface area contributed by atoms with Gasteiger partial charge in [0.25, 0.3) is 11.8 Å². The van der Waals surface area contributed by atoms with E-state index in [0.29, 0.717) is 27.9 Å². The van der Waals surface area contributed by atoms with Gasteiger partial charge in [-0.15, -0.1) is 0 Å². The number of hydrogen-bond acceptors (Lipinski definition) is 4. The van der Waals surface area contributed by atoms with Crippen LogP contribution < -0.4 is 5.32 Å². The predicted molar refractivity (Wildman–Crippen MR) is 130 cm³/mol. The molecular weight excluding hydrogens is 487 g/mol. The number of nitrogens with zero attached hydrogens (tertiary/aromatic N) is 2. The van der Waals surface area contributed by atoms with Crippen LogP contribution >= 0.6 is 0 Å². The summed E-state index contributed by atoms with van der Waals surface area (Å²) in [5.41, 5.74) is 2.68. The zero-order valence-electron chi connectivity index (χ0n) is 19.5. The molecule has 10 heteroatoms. The molecule has 37 heavy (non-hydrogen) atoms. The van der Waals surface area contributed by atoms with Gasteiger partial charge in [-0.2, -0.15) is 0 Å². The molecule has 2 amide bonds. The first-order valence-electron chi connectivity index (χ1n) is 11.6. The zero-order chi connectivity index (χ0) is 26.2. The Balaban J connectivity index is 1.51. The second-order valence-electron chi connectivity index (χ2n) is 8.90. The number of aromatic nitrogens is 1. The number of piperidine rings is 1. The van der Waals surface area contributed by atoms with E-state index < -0.39 is 36.6 Å². The SMILES string of the molecule is O=C(O)NCc1cc2cc(-c3ccc(C(=O)N4CCC(F)(F)CC4)cc3F)cc(-c3cccnc3)c2o1. The smallest absolute Gasteiger partial charge is 0.405 e. The highest BCUT2D eigenvalue weighted by Crippen LogP contribution is 2.37. The third-order valence-corrected chi connectivity index (χ3v) is 6.36. The standard InChI is InChI=1S/C27H22F3N3O4/c28-23-13-16(25(34)33-8-5-27(29,30)6-9-33)3-4-21(23)18-10-19-11-20(15-32-26(35)36)37-24(19)22(12-18)17-2-1-7-31-14-17/h1-4,7,10-14,32H,5-6,8-9,15H2,(H,35,36). The molecule has 0 saturated carbocycles. The number of carbonyl (C=O) groups excluding carboxylic acids is 1. The summed E-state index contributed by atoms with van der Waals surface area (Å²) in [6, 6.07) is 12.8. The van der Waals surface area contributed by atoms with Crippen LogP contribution in [0.15, 0.2) is 65.3 Å². The Morgan fingerprint density at radius 2 is 1.84 bits per heavy atom. The number of fused-ring (bicyclic) bond motifs is 1.